The maximum Gasteiger partial charge on any atom is 0.282 e. The summed E-state index contributed by atoms with van der Waals surface area (Å²) in [7, 11) is 5.15. The van der Waals surface area contributed by atoms with Crippen LogP contribution in [0.1, 0.15) is 0 Å². The second-order valence-electron chi connectivity index (χ2n) is 3.72. The minimum Gasteiger partial charge on any atom is -0.445 e. The van der Waals surface area contributed by atoms with E-state index in [1.807, 2.05) is 6.07 Å². The van der Waals surface area contributed by atoms with Crippen LogP contribution >= 0.6 is 0 Å². The molecular formula is C11H15BN2O. The third-order valence-corrected chi connectivity index (χ3v) is 2.73. The highest BCUT2D eigenvalue weighted by atomic mass is 16.4. The SMILES string of the molecule is [B]OCC1CNCCN1c1ccccc1. The largest absolute Gasteiger partial charge is 0.445 e. The van der Waals surface area contributed by atoms with Gasteiger partial charge in [-0.1, -0.05) is 18.2 Å². The van der Waals surface area contributed by atoms with Gasteiger partial charge in [-0.25, -0.2) is 0 Å². The molecule has 1 aliphatic rings. The van der Waals surface area contributed by atoms with Crippen LogP contribution in [0.3, 0.4) is 0 Å². The average molecular weight is 202 g/mol. The van der Waals surface area contributed by atoms with Crippen molar-refractivity contribution in [3.05, 3.63) is 30.3 Å². The molecule has 1 fully saturated rings. The van der Waals surface area contributed by atoms with Crippen LogP contribution in [-0.4, -0.2) is 40.3 Å². The van der Waals surface area contributed by atoms with Gasteiger partial charge >= 0.3 is 0 Å². The number of nitrogens with one attached hydrogen (secondary N) is 1. The van der Waals surface area contributed by atoms with Crippen molar-refractivity contribution in [1.82, 2.24) is 5.32 Å². The van der Waals surface area contributed by atoms with E-state index in [2.05, 4.69) is 34.5 Å². The predicted molar refractivity (Wildman–Crippen MR) is 62.2 cm³/mol. The molecule has 0 aliphatic carbocycles. The highest BCUT2D eigenvalue weighted by Gasteiger charge is 2.21. The van der Waals surface area contributed by atoms with Crippen LogP contribution in [0.4, 0.5) is 5.69 Å². The quantitative estimate of drug-likeness (QED) is 0.725. The Hall–Kier alpha value is -0.995. The van der Waals surface area contributed by atoms with Crippen molar-refractivity contribution in [2.45, 2.75) is 6.04 Å². The van der Waals surface area contributed by atoms with Crippen molar-refractivity contribution < 1.29 is 4.65 Å². The Bertz CT molecular complexity index is 292. The van der Waals surface area contributed by atoms with Crippen LogP contribution in [0.15, 0.2) is 30.3 Å². The standard InChI is InChI=1S/C11H15BN2O/c12-15-9-11-8-13-6-7-14(11)10-4-2-1-3-5-10/h1-5,11,13H,6-9H2. The molecule has 0 aromatic heterocycles. The van der Waals surface area contributed by atoms with Gasteiger partial charge in [-0.3, -0.25) is 0 Å². The molecule has 1 aromatic rings. The van der Waals surface area contributed by atoms with Gasteiger partial charge in [0, 0.05) is 31.9 Å². The highest BCUT2D eigenvalue weighted by Crippen LogP contribution is 2.17. The molecule has 1 heterocycles. The highest BCUT2D eigenvalue weighted by molar-refractivity contribution is 5.98. The summed E-state index contributed by atoms with van der Waals surface area (Å²) in [6.45, 7) is 3.49. The number of anilines is 1. The van der Waals surface area contributed by atoms with Gasteiger partial charge in [-0.15, -0.1) is 0 Å². The lowest BCUT2D eigenvalue weighted by Crippen LogP contribution is -2.53. The molecule has 1 N–H and O–H groups in total. The van der Waals surface area contributed by atoms with E-state index in [0.717, 1.165) is 19.6 Å². The first kappa shape index (κ1) is 10.5. The average Bonchev–Trinajstić information content (AvgIpc) is 2.31. The molecule has 1 aliphatic heterocycles. The number of hydrogen-bond acceptors (Lipinski definition) is 3. The Morgan fingerprint density at radius 3 is 2.93 bits per heavy atom. The summed E-state index contributed by atoms with van der Waals surface area (Å²) >= 11 is 0. The molecule has 1 saturated heterocycles. The summed E-state index contributed by atoms with van der Waals surface area (Å²) < 4.78 is 4.75. The normalized spacial score (nSPS) is 21.6. The van der Waals surface area contributed by atoms with E-state index < -0.39 is 0 Å². The second kappa shape index (κ2) is 5.19. The maximum absolute atomic E-state index is 5.15. The number of para-hydroxylation sites is 1. The number of nitrogens with zero attached hydrogens (tertiary/aromatic N) is 1. The van der Waals surface area contributed by atoms with Crippen LogP contribution < -0.4 is 10.2 Å². The number of benzene rings is 1. The van der Waals surface area contributed by atoms with Crippen molar-refractivity contribution in [2.75, 3.05) is 31.1 Å². The lowest BCUT2D eigenvalue weighted by atomic mass is 10.1. The monoisotopic (exact) mass is 202 g/mol. The molecule has 78 valence electrons. The van der Waals surface area contributed by atoms with Crippen molar-refractivity contribution in [2.24, 2.45) is 0 Å². The molecule has 1 aromatic carbocycles. The van der Waals surface area contributed by atoms with Crippen LogP contribution in [0.25, 0.3) is 0 Å². The van der Waals surface area contributed by atoms with Gasteiger partial charge in [-0.05, 0) is 12.1 Å². The van der Waals surface area contributed by atoms with Gasteiger partial charge in [0.1, 0.15) is 0 Å². The minimum atomic E-state index is 0.325. The smallest absolute Gasteiger partial charge is 0.282 e. The maximum atomic E-state index is 5.15. The fraction of sp³-hybridized carbons (Fsp3) is 0.455. The Labute approximate surface area is 91.9 Å². The van der Waals surface area contributed by atoms with E-state index in [4.69, 9.17) is 12.7 Å². The van der Waals surface area contributed by atoms with Crippen molar-refractivity contribution in [3.8, 4) is 0 Å². The van der Waals surface area contributed by atoms with Gasteiger partial charge in [0.15, 0.2) is 0 Å². The first-order valence-electron chi connectivity index (χ1n) is 5.26. The van der Waals surface area contributed by atoms with Gasteiger partial charge in [0.2, 0.25) is 0 Å². The molecule has 4 heteroatoms. The molecule has 0 saturated carbocycles. The van der Waals surface area contributed by atoms with Crippen molar-refractivity contribution in [1.29, 1.82) is 0 Å². The zero-order valence-corrected chi connectivity index (χ0v) is 8.73. The molecule has 1 atom stereocenters. The molecule has 2 rings (SSSR count). The van der Waals surface area contributed by atoms with E-state index in [-0.39, 0.29) is 0 Å². The molecule has 1 unspecified atom stereocenters. The summed E-state index contributed by atoms with van der Waals surface area (Å²) in [4.78, 5) is 2.34. The van der Waals surface area contributed by atoms with E-state index in [9.17, 15) is 0 Å². The number of piperazine rings is 1. The molecule has 3 nitrogen and oxygen atoms in total. The lowest BCUT2D eigenvalue weighted by Gasteiger charge is -2.37. The summed E-state index contributed by atoms with van der Waals surface area (Å²) in [5.74, 6) is 0. The molecule has 0 bridgehead atoms. The molecule has 15 heavy (non-hydrogen) atoms. The van der Waals surface area contributed by atoms with Crippen LogP contribution in [0, 0.1) is 0 Å². The summed E-state index contributed by atoms with van der Waals surface area (Å²) in [6.07, 6.45) is 0. The molecule has 0 amide bonds. The van der Waals surface area contributed by atoms with Gasteiger partial charge in [-0.2, -0.15) is 0 Å². The van der Waals surface area contributed by atoms with Crippen molar-refractivity contribution in [3.63, 3.8) is 0 Å². The van der Waals surface area contributed by atoms with E-state index in [1.54, 1.807) is 0 Å². The summed E-state index contributed by atoms with van der Waals surface area (Å²) in [5.41, 5.74) is 1.24. The Morgan fingerprint density at radius 2 is 2.20 bits per heavy atom. The van der Waals surface area contributed by atoms with Crippen molar-refractivity contribution >= 4 is 13.7 Å². The third kappa shape index (κ3) is 2.52. The zero-order valence-electron chi connectivity index (χ0n) is 8.73. The molecular weight excluding hydrogens is 187 g/mol. The Balaban J connectivity index is 2.11. The predicted octanol–water partition coefficient (Wildman–Crippen LogP) is 0.565. The molecule has 2 radical (unpaired) electrons. The summed E-state index contributed by atoms with van der Waals surface area (Å²) in [5, 5.41) is 3.34. The summed E-state index contributed by atoms with van der Waals surface area (Å²) in [6, 6.07) is 10.7. The lowest BCUT2D eigenvalue weighted by molar-refractivity contribution is 0.288. The Kier molecular flexibility index (Phi) is 3.64. The Morgan fingerprint density at radius 1 is 1.40 bits per heavy atom. The van der Waals surface area contributed by atoms with Gasteiger partial charge in [0.05, 0.1) is 6.04 Å². The fourth-order valence-electron chi connectivity index (χ4n) is 1.98. The van der Waals surface area contributed by atoms with Crippen LogP contribution in [-0.2, 0) is 4.65 Å². The number of rotatable bonds is 3. The number of hydrogen-bond donors (Lipinski definition) is 1. The first-order valence-corrected chi connectivity index (χ1v) is 5.26. The van der Waals surface area contributed by atoms with Gasteiger partial charge < -0.3 is 14.9 Å². The second-order valence-corrected chi connectivity index (χ2v) is 3.72. The van der Waals surface area contributed by atoms with E-state index in [1.165, 1.54) is 5.69 Å². The van der Waals surface area contributed by atoms with E-state index in [0.29, 0.717) is 12.6 Å². The molecule has 0 spiro atoms. The van der Waals surface area contributed by atoms with Crippen LogP contribution in [0.5, 0.6) is 0 Å². The van der Waals surface area contributed by atoms with Crippen LogP contribution in [0.2, 0.25) is 0 Å². The minimum absolute atomic E-state index is 0.325. The van der Waals surface area contributed by atoms with Gasteiger partial charge in [0.25, 0.3) is 8.05 Å². The zero-order chi connectivity index (χ0) is 10.5. The third-order valence-electron chi connectivity index (χ3n) is 2.73. The topological polar surface area (TPSA) is 24.5 Å². The first-order chi connectivity index (χ1) is 7.42. The van der Waals surface area contributed by atoms with E-state index >= 15 is 0 Å². The fourth-order valence-corrected chi connectivity index (χ4v) is 1.98.